The van der Waals surface area contributed by atoms with Crippen molar-refractivity contribution < 1.29 is 18.7 Å². The van der Waals surface area contributed by atoms with E-state index >= 15 is 4.39 Å². The zero-order valence-electron chi connectivity index (χ0n) is 19.3. The molecule has 0 aromatic heterocycles. The minimum Gasteiger partial charge on any atom is -0.493 e. The molecule has 1 saturated heterocycles. The number of benzene rings is 2. The third-order valence-electron chi connectivity index (χ3n) is 6.70. The van der Waals surface area contributed by atoms with Gasteiger partial charge in [-0.15, -0.1) is 0 Å². The molecule has 168 valence electrons. The Morgan fingerprint density at radius 2 is 1.62 bits per heavy atom. The summed E-state index contributed by atoms with van der Waals surface area (Å²) in [4.78, 5) is 23.7. The number of hydrogen-bond donors (Lipinski definition) is 1. The quantitative estimate of drug-likeness (QED) is 0.540. The SMILES string of the molecule is COc1c(F)cc(/C=C2\SC(=O)NC2=O)cc1-c1cc2c(cc1C)C(C)(C)CCC2(C)C. The van der Waals surface area contributed by atoms with Crippen LogP contribution in [0.5, 0.6) is 5.75 Å². The van der Waals surface area contributed by atoms with Gasteiger partial charge >= 0.3 is 0 Å². The van der Waals surface area contributed by atoms with Crippen LogP contribution in [-0.2, 0) is 15.6 Å². The van der Waals surface area contributed by atoms with Crippen molar-refractivity contribution in [3.8, 4) is 16.9 Å². The molecule has 4 rings (SSSR count). The van der Waals surface area contributed by atoms with Crippen LogP contribution in [0.4, 0.5) is 9.18 Å². The summed E-state index contributed by atoms with van der Waals surface area (Å²) in [6.07, 6.45) is 3.73. The molecule has 2 aliphatic rings. The molecule has 2 amide bonds. The summed E-state index contributed by atoms with van der Waals surface area (Å²) in [5, 5.41) is 1.80. The number of rotatable bonds is 3. The molecule has 0 spiro atoms. The lowest BCUT2D eigenvalue weighted by Gasteiger charge is -2.42. The molecule has 1 aliphatic carbocycles. The summed E-state index contributed by atoms with van der Waals surface area (Å²) < 4.78 is 20.5. The maximum atomic E-state index is 15.1. The number of carbonyl (C=O) groups excluding carboxylic acids is 2. The number of aryl methyl sites for hydroxylation is 1. The van der Waals surface area contributed by atoms with Gasteiger partial charge in [0.2, 0.25) is 0 Å². The minimum atomic E-state index is -0.511. The van der Waals surface area contributed by atoms with Gasteiger partial charge in [0.05, 0.1) is 12.0 Å². The summed E-state index contributed by atoms with van der Waals surface area (Å²) >= 11 is 0.815. The second-order valence-corrected chi connectivity index (χ2v) is 10.9. The number of halogens is 1. The predicted octanol–water partition coefficient (Wildman–Crippen LogP) is 6.48. The Balaban J connectivity index is 1.92. The zero-order chi connectivity index (χ0) is 23.4. The molecular weight excluding hydrogens is 425 g/mol. The zero-order valence-corrected chi connectivity index (χ0v) is 20.1. The molecule has 2 aromatic rings. The first kappa shape index (κ1) is 22.6. The number of amides is 2. The van der Waals surface area contributed by atoms with Crippen LogP contribution in [-0.4, -0.2) is 18.3 Å². The molecule has 1 aliphatic heterocycles. The average Bonchev–Trinajstić information content (AvgIpc) is 3.01. The van der Waals surface area contributed by atoms with Crippen molar-refractivity contribution in [1.29, 1.82) is 0 Å². The normalized spacial score (nSPS) is 20.3. The van der Waals surface area contributed by atoms with Gasteiger partial charge < -0.3 is 4.74 Å². The van der Waals surface area contributed by atoms with Gasteiger partial charge in [-0.1, -0.05) is 33.8 Å². The lowest BCUT2D eigenvalue weighted by Crippen LogP contribution is -2.34. The van der Waals surface area contributed by atoms with Gasteiger partial charge in [-0.05, 0) is 94.4 Å². The Labute approximate surface area is 192 Å². The molecule has 0 radical (unpaired) electrons. The summed E-state index contributed by atoms with van der Waals surface area (Å²) in [6.45, 7) is 11.1. The number of nitrogens with one attached hydrogen (secondary N) is 1. The number of imide groups is 1. The first-order chi connectivity index (χ1) is 14.9. The molecule has 0 saturated carbocycles. The number of methoxy groups -OCH3 is 1. The number of ether oxygens (including phenoxy) is 1. The summed E-state index contributed by atoms with van der Waals surface area (Å²) in [5.74, 6) is -0.808. The van der Waals surface area contributed by atoms with Gasteiger partial charge in [-0.2, -0.15) is 0 Å². The fraction of sp³-hybridized carbons (Fsp3) is 0.385. The monoisotopic (exact) mass is 453 g/mol. The largest absolute Gasteiger partial charge is 0.493 e. The number of thioether (sulfide) groups is 1. The van der Waals surface area contributed by atoms with Gasteiger partial charge in [-0.3, -0.25) is 14.9 Å². The number of hydrogen-bond acceptors (Lipinski definition) is 4. The van der Waals surface area contributed by atoms with E-state index in [1.165, 1.54) is 30.4 Å². The van der Waals surface area contributed by atoms with E-state index in [-0.39, 0.29) is 21.5 Å². The third kappa shape index (κ3) is 3.85. The van der Waals surface area contributed by atoms with Crippen molar-refractivity contribution in [2.45, 2.75) is 58.3 Å². The van der Waals surface area contributed by atoms with E-state index < -0.39 is 17.0 Å². The van der Waals surface area contributed by atoms with Crippen LogP contribution in [0.15, 0.2) is 29.2 Å². The van der Waals surface area contributed by atoms with Crippen LogP contribution in [0.3, 0.4) is 0 Å². The molecule has 1 N–H and O–H groups in total. The molecule has 1 heterocycles. The van der Waals surface area contributed by atoms with E-state index in [1.807, 2.05) is 13.0 Å². The van der Waals surface area contributed by atoms with E-state index in [0.717, 1.165) is 35.7 Å². The first-order valence-electron chi connectivity index (χ1n) is 10.7. The smallest absolute Gasteiger partial charge is 0.290 e. The number of fused-ring (bicyclic) bond motifs is 1. The Morgan fingerprint density at radius 3 is 2.19 bits per heavy atom. The van der Waals surface area contributed by atoms with Crippen LogP contribution >= 0.6 is 11.8 Å². The molecular formula is C26H28FNO3S. The van der Waals surface area contributed by atoms with Crippen molar-refractivity contribution >= 4 is 29.0 Å². The maximum absolute atomic E-state index is 15.1. The molecule has 4 nitrogen and oxygen atoms in total. The van der Waals surface area contributed by atoms with E-state index in [9.17, 15) is 9.59 Å². The van der Waals surface area contributed by atoms with Crippen LogP contribution in [0.2, 0.25) is 0 Å². The van der Waals surface area contributed by atoms with E-state index in [2.05, 4.69) is 45.1 Å². The topological polar surface area (TPSA) is 55.4 Å². The van der Waals surface area contributed by atoms with Crippen LogP contribution in [0.1, 0.15) is 62.8 Å². The maximum Gasteiger partial charge on any atom is 0.290 e. The van der Waals surface area contributed by atoms with Gasteiger partial charge in [0.15, 0.2) is 11.6 Å². The van der Waals surface area contributed by atoms with Crippen molar-refractivity contribution in [1.82, 2.24) is 5.32 Å². The highest BCUT2D eigenvalue weighted by atomic mass is 32.2. The molecule has 0 atom stereocenters. The van der Waals surface area contributed by atoms with Crippen LogP contribution in [0.25, 0.3) is 17.2 Å². The van der Waals surface area contributed by atoms with Crippen molar-refractivity contribution in [2.75, 3.05) is 7.11 Å². The Morgan fingerprint density at radius 1 is 1.00 bits per heavy atom. The number of carbonyl (C=O) groups is 2. The van der Waals surface area contributed by atoms with E-state index in [1.54, 1.807) is 0 Å². The highest BCUT2D eigenvalue weighted by molar-refractivity contribution is 8.18. The summed E-state index contributed by atoms with van der Waals surface area (Å²) in [6, 6.07) is 7.56. The second kappa shape index (κ2) is 7.77. The molecule has 2 aromatic carbocycles. The van der Waals surface area contributed by atoms with Gasteiger partial charge in [0, 0.05) is 5.56 Å². The van der Waals surface area contributed by atoms with E-state index in [4.69, 9.17) is 4.74 Å². The third-order valence-corrected chi connectivity index (χ3v) is 7.51. The van der Waals surface area contributed by atoms with Gasteiger partial charge in [0.1, 0.15) is 0 Å². The molecule has 32 heavy (non-hydrogen) atoms. The fourth-order valence-electron chi connectivity index (χ4n) is 4.69. The van der Waals surface area contributed by atoms with Gasteiger partial charge in [-0.25, -0.2) is 4.39 Å². The van der Waals surface area contributed by atoms with Crippen molar-refractivity contribution in [2.24, 2.45) is 0 Å². The summed E-state index contributed by atoms with van der Waals surface area (Å²) in [5.41, 5.74) is 5.79. The fourth-order valence-corrected chi connectivity index (χ4v) is 5.37. The Kier molecular flexibility index (Phi) is 5.48. The molecule has 0 unspecified atom stereocenters. The highest BCUT2D eigenvalue weighted by Crippen LogP contribution is 2.48. The Hall–Kier alpha value is -2.60. The lowest BCUT2D eigenvalue weighted by atomic mass is 9.62. The van der Waals surface area contributed by atoms with E-state index in [0.29, 0.717) is 11.1 Å². The molecule has 0 bridgehead atoms. The first-order valence-corrected chi connectivity index (χ1v) is 11.5. The van der Waals surface area contributed by atoms with Crippen LogP contribution < -0.4 is 10.1 Å². The average molecular weight is 454 g/mol. The highest BCUT2D eigenvalue weighted by Gasteiger charge is 2.37. The molecule has 1 fully saturated rings. The summed E-state index contributed by atoms with van der Waals surface area (Å²) in [7, 11) is 1.46. The minimum absolute atomic E-state index is 0.0115. The molecule has 6 heteroatoms. The van der Waals surface area contributed by atoms with Crippen molar-refractivity contribution in [3.05, 3.63) is 57.2 Å². The predicted molar refractivity (Wildman–Crippen MR) is 128 cm³/mol. The second-order valence-electron chi connectivity index (χ2n) is 9.92. The van der Waals surface area contributed by atoms with Crippen LogP contribution in [0, 0.1) is 12.7 Å². The Bertz CT molecular complexity index is 1180. The standard InChI is InChI=1S/C26H28FNO3S/c1-14-9-18-19(26(4,5)8-7-25(18,2)3)13-16(14)17-10-15(11-20(27)22(17)31-6)12-21-23(29)28-24(30)32-21/h9-13H,7-8H2,1-6H3,(H,28,29,30)/b21-12-. The van der Waals surface area contributed by atoms with Crippen molar-refractivity contribution in [3.63, 3.8) is 0 Å². The lowest BCUT2D eigenvalue weighted by molar-refractivity contribution is -0.115. The van der Waals surface area contributed by atoms with Gasteiger partial charge in [0.25, 0.3) is 11.1 Å².